The lowest BCUT2D eigenvalue weighted by Crippen LogP contribution is -2.52. The van der Waals surface area contributed by atoms with Crippen molar-refractivity contribution in [2.45, 2.75) is 65.6 Å². The Kier molecular flexibility index (Phi) is 10.7. The zero-order chi connectivity index (χ0) is 24.4. The predicted molar refractivity (Wildman–Crippen MR) is 134 cm³/mol. The minimum absolute atomic E-state index is 0.0411. The monoisotopic (exact) mass is 475 g/mol. The molecule has 0 radical (unpaired) electrons. The fraction of sp³-hybridized carbons (Fsp3) is 0.462. The molecule has 1 saturated heterocycles. The molecular weight excluding hydrogens is 441 g/mol. The standard InChI is InChI=1S/C24H29ClFN3O2.C2H6/c1-4-7-10-18-22(16(8-5-2)9-6-3)27-28-23(18)29-14-13-21(31-24(29)30)17-11-12-19(25)20(26)15-17;1-2/h5-6,8-9,11-12,15,18,21,23,28H,2,4,7,10,13-14H2,1,3H3;1-2H3/b9-6-,16-8+;. The third-order valence-electron chi connectivity index (χ3n) is 5.62. The maximum Gasteiger partial charge on any atom is 0.412 e. The minimum Gasteiger partial charge on any atom is -0.441 e. The number of hydrogen-bond acceptors (Lipinski definition) is 4. The van der Waals surface area contributed by atoms with Gasteiger partial charge in [-0.3, -0.25) is 10.3 Å². The Morgan fingerprint density at radius 3 is 2.79 bits per heavy atom. The number of nitrogens with zero attached hydrogens (tertiary/aromatic N) is 2. The highest BCUT2D eigenvalue weighted by atomic mass is 35.5. The number of rotatable bonds is 8. The molecule has 1 aromatic rings. The van der Waals surface area contributed by atoms with E-state index in [1.165, 1.54) is 12.1 Å². The average molecular weight is 476 g/mol. The fourth-order valence-electron chi connectivity index (χ4n) is 4.07. The third kappa shape index (κ3) is 6.47. The van der Waals surface area contributed by atoms with E-state index in [0.717, 1.165) is 30.5 Å². The lowest BCUT2D eigenvalue weighted by atomic mass is 9.89. The third-order valence-corrected chi connectivity index (χ3v) is 5.93. The van der Waals surface area contributed by atoms with Crippen molar-refractivity contribution in [1.82, 2.24) is 10.3 Å². The first kappa shape index (κ1) is 26.7. The van der Waals surface area contributed by atoms with Gasteiger partial charge in [0.05, 0.1) is 10.7 Å². The normalized spacial score (nSPS) is 22.9. The number of hydrazone groups is 1. The zero-order valence-electron chi connectivity index (χ0n) is 20.0. The van der Waals surface area contributed by atoms with Crippen molar-refractivity contribution in [2.24, 2.45) is 11.0 Å². The van der Waals surface area contributed by atoms with Crippen molar-refractivity contribution in [1.29, 1.82) is 0 Å². The van der Waals surface area contributed by atoms with E-state index >= 15 is 0 Å². The highest BCUT2D eigenvalue weighted by Gasteiger charge is 2.41. The zero-order valence-corrected chi connectivity index (χ0v) is 20.7. The quantitative estimate of drug-likeness (QED) is 0.405. The first-order valence-electron chi connectivity index (χ1n) is 11.7. The van der Waals surface area contributed by atoms with Crippen LogP contribution in [0.25, 0.3) is 0 Å². The van der Waals surface area contributed by atoms with Gasteiger partial charge in [0, 0.05) is 18.9 Å². The molecule has 7 heteroatoms. The number of cyclic esters (lactones) is 1. The van der Waals surface area contributed by atoms with Gasteiger partial charge in [0.15, 0.2) is 0 Å². The van der Waals surface area contributed by atoms with Crippen LogP contribution in [-0.2, 0) is 4.74 Å². The van der Waals surface area contributed by atoms with Crippen molar-refractivity contribution >= 4 is 23.4 Å². The summed E-state index contributed by atoms with van der Waals surface area (Å²) in [7, 11) is 0. The molecule has 2 aliphatic rings. The molecule has 1 aromatic carbocycles. The van der Waals surface area contributed by atoms with Crippen molar-refractivity contribution in [2.75, 3.05) is 6.54 Å². The summed E-state index contributed by atoms with van der Waals surface area (Å²) in [4.78, 5) is 14.6. The molecule has 180 valence electrons. The van der Waals surface area contributed by atoms with Crippen LogP contribution in [0, 0.1) is 11.7 Å². The number of hydrogen-bond donors (Lipinski definition) is 1. The Morgan fingerprint density at radius 1 is 1.42 bits per heavy atom. The number of halogens is 2. The molecule has 1 amide bonds. The van der Waals surface area contributed by atoms with Gasteiger partial charge in [-0.2, -0.15) is 5.10 Å². The van der Waals surface area contributed by atoms with E-state index in [1.54, 1.807) is 17.0 Å². The lowest BCUT2D eigenvalue weighted by Gasteiger charge is -2.37. The Hall–Kier alpha value is -2.60. The smallest absolute Gasteiger partial charge is 0.412 e. The van der Waals surface area contributed by atoms with Crippen molar-refractivity contribution in [3.63, 3.8) is 0 Å². The molecule has 3 atom stereocenters. The number of nitrogens with one attached hydrogen (secondary N) is 1. The van der Waals surface area contributed by atoms with Gasteiger partial charge in [-0.15, -0.1) is 0 Å². The molecule has 2 aliphatic heterocycles. The van der Waals surface area contributed by atoms with E-state index in [9.17, 15) is 9.18 Å². The SMILES string of the molecule is C=C/C=C(\C=C/C)C1=NNC(N2CCC(c3ccc(Cl)c(F)c3)OC2=O)C1CCCC.CC. The van der Waals surface area contributed by atoms with Crippen LogP contribution in [-0.4, -0.2) is 29.4 Å². The van der Waals surface area contributed by atoms with Crippen LogP contribution in [0.3, 0.4) is 0 Å². The first-order valence-corrected chi connectivity index (χ1v) is 12.1. The minimum atomic E-state index is -0.515. The summed E-state index contributed by atoms with van der Waals surface area (Å²) in [5.74, 6) is -0.474. The molecule has 0 aliphatic carbocycles. The number of benzene rings is 1. The van der Waals surface area contributed by atoms with E-state index in [1.807, 2.05) is 39.0 Å². The molecule has 0 aromatic heterocycles. The van der Waals surface area contributed by atoms with Gasteiger partial charge >= 0.3 is 6.09 Å². The summed E-state index contributed by atoms with van der Waals surface area (Å²) < 4.78 is 19.5. The van der Waals surface area contributed by atoms with Gasteiger partial charge in [0.2, 0.25) is 0 Å². The van der Waals surface area contributed by atoms with Crippen molar-refractivity contribution < 1.29 is 13.9 Å². The summed E-state index contributed by atoms with van der Waals surface area (Å²) in [6.45, 7) is 12.4. The highest BCUT2D eigenvalue weighted by molar-refractivity contribution is 6.30. The largest absolute Gasteiger partial charge is 0.441 e. The van der Waals surface area contributed by atoms with Crippen LogP contribution >= 0.6 is 11.6 Å². The van der Waals surface area contributed by atoms with Gasteiger partial charge in [0.1, 0.15) is 18.1 Å². The first-order chi connectivity index (χ1) is 16.0. The molecule has 0 bridgehead atoms. The number of ether oxygens (including phenoxy) is 1. The van der Waals surface area contributed by atoms with Gasteiger partial charge in [-0.25, -0.2) is 9.18 Å². The fourth-order valence-corrected chi connectivity index (χ4v) is 4.19. The molecule has 5 nitrogen and oxygen atoms in total. The average Bonchev–Trinajstić information content (AvgIpc) is 3.24. The van der Waals surface area contributed by atoms with Gasteiger partial charge in [-0.05, 0) is 36.6 Å². The van der Waals surface area contributed by atoms with Gasteiger partial charge in [0.25, 0.3) is 0 Å². The van der Waals surface area contributed by atoms with Gasteiger partial charge < -0.3 is 4.74 Å². The van der Waals surface area contributed by atoms with Crippen LogP contribution in [0.2, 0.25) is 5.02 Å². The van der Waals surface area contributed by atoms with E-state index < -0.39 is 18.0 Å². The molecular formula is C26H35ClFN3O2. The molecule has 0 spiro atoms. The van der Waals surface area contributed by atoms with E-state index in [4.69, 9.17) is 16.3 Å². The van der Waals surface area contributed by atoms with E-state index in [-0.39, 0.29) is 17.1 Å². The van der Waals surface area contributed by atoms with Crippen molar-refractivity contribution in [3.05, 3.63) is 71.1 Å². The number of carbonyl (C=O) groups excluding carboxylic acids is 1. The molecule has 1 fully saturated rings. The maximum atomic E-state index is 13.8. The molecule has 1 N–H and O–H groups in total. The summed E-state index contributed by atoms with van der Waals surface area (Å²) in [6, 6.07) is 4.51. The predicted octanol–water partition coefficient (Wildman–Crippen LogP) is 7.17. The van der Waals surface area contributed by atoms with E-state index in [2.05, 4.69) is 24.0 Å². The van der Waals surface area contributed by atoms with Crippen molar-refractivity contribution in [3.8, 4) is 0 Å². The lowest BCUT2D eigenvalue weighted by molar-refractivity contribution is 0.000937. The molecule has 3 unspecified atom stereocenters. The molecule has 33 heavy (non-hydrogen) atoms. The highest BCUT2D eigenvalue weighted by Crippen LogP contribution is 2.33. The topological polar surface area (TPSA) is 53.9 Å². The van der Waals surface area contributed by atoms with Crippen LogP contribution in [0.4, 0.5) is 9.18 Å². The molecule has 2 heterocycles. The van der Waals surface area contributed by atoms with Crippen LogP contribution in [0.5, 0.6) is 0 Å². The Bertz CT molecular complexity index is 913. The summed E-state index contributed by atoms with van der Waals surface area (Å²) in [6.07, 6.45) is 9.97. The Balaban J connectivity index is 0.00000187. The summed E-state index contributed by atoms with van der Waals surface area (Å²) >= 11 is 5.77. The van der Waals surface area contributed by atoms with Crippen LogP contribution < -0.4 is 5.43 Å². The van der Waals surface area contributed by atoms with Crippen LogP contribution in [0.15, 0.2) is 59.8 Å². The Morgan fingerprint density at radius 2 is 2.18 bits per heavy atom. The second-order valence-corrected chi connectivity index (χ2v) is 8.11. The summed E-state index contributed by atoms with van der Waals surface area (Å²) in [5.41, 5.74) is 5.67. The maximum absolute atomic E-state index is 13.8. The number of carbonyl (C=O) groups is 1. The van der Waals surface area contributed by atoms with Gasteiger partial charge in [-0.1, -0.05) is 82.2 Å². The number of allylic oxidation sites excluding steroid dienone is 5. The number of unbranched alkanes of at least 4 members (excludes halogenated alkanes) is 1. The molecule has 3 rings (SSSR count). The van der Waals surface area contributed by atoms with E-state index in [0.29, 0.717) is 18.5 Å². The second kappa shape index (κ2) is 13.2. The van der Waals surface area contributed by atoms with Crippen LogP contribution in [0.1, 0.15) is 65.0 Å². The second-order valence-electron chi connectivity index (χ2n) is 7.71. The number of amides is 1. The summed E-state index contributed by atoms with van der Waals surface area (Å²) in [5, 5.41) is 4.63. The Labute approximate surface area is 202 Å². The molecule has 0 saturated carbocycles.